The highest BCUT2D eigenvalue weighted by Gasteiger charge is 2.18. The van der Waals surface area contributed by atoms with Crippen molar-refractivity contribution in [2.45, 2.75) is 0 Å². The van der Waals surface area contributed by atoms with Gasteiger partial charge in [-0.1, -0.05) is 176 Å². The van der Waals surface area contributed by atoms with E-state index in [2.05, 4.69) is 159 Å². The number of rotatable bonds is 6. The van der Waals surface area contributed by atoms with Crippen molar-refractivity contribution in [1.82, 2.24) is 0 Å². The first-order chi connectivity index (χ1) is 22.5. The first kappa shape index (κ1) is 30.3. The van der Waals surface area contributed by atoms with Gasteiger partial charge in [-0.15, -0.1) is 0 Å². The van der Waals surface area contributed by atoms with Crippen LogP contribution in [0.5, 0.6) is 0 Å². The SMILES string of the molecule is [B]c1cc(-c2cc(-c3ccccc3)c(-c3ccccc3)cc2[B])c(Br)cc1-c1cc(-c2ccccc2)c(-c2ccccc2)cc1Br. The van der Waals surface area contributed by atoms with Crippen LogP contribution >= 0.6 is 31.9 Å². The molecule has 0 N–H and O–H groups in total. The Morgan fingerprint density at radius 3 is 0.957 bits per heavy atom. The van der Waals surface area contributed by atoms with Gasteiger partial charge in [-0.2, -0.15) is 0 Å². The van der Waals surface area contributed by atoms with E-state index >= 15 is 0 Å². The maximum absolute atomic E-state index is 6.90. The van der Waals surface area contributed by atoms with E-state index in [1.807, 2.05) is 30.3 Å². The van der Waals surface area contributed by atoms with E-state index in [0.29, 0.717) is 10.9 Å². The van der Waals surface area contributed by atoms with E-state index in [1.165, 1.54) is 0 Å². The third-order valence-electron chi connectivity index (χ3n) is 8.36. The van der Waals surface area contributed by atoms with E-state index in [1.54, 1.807) is 0 Å². The van der Waals surface area contributed by atoms with Gasteiger partial charge in [0.05, 0.1) is 0 Å². The summed E-state index contributed by atoms with van der Waals surface area (Å²) in [4.78, 5) is 0. The standard InChI is InChI=1S/C42H26B2Br2/c43-39-23-33(29-17-9-3-10-18-29)31(27-13-5-1-6-14-27)21-35(39)38-24-40(44)36(26-42(38)46)37-22-32(28-15-7-2-8-16-28)34(25-41(37)45)30-19-11-4-12-20-30/h1-26H. The van der Waals surface area contributed by atoms with E-state index < -0.39 is 0 Å². The van der Waals surface area contributed by atoms with Gasteiger partial charge in [-0.3, -0.25) is 0 Å². The van der Waals surface area contributed by atoms with Crippen molar-refractivity contribution in [3.8, 4) is 66.8 Å². The molecular weight excluding hydrogens is 686 g/mol. The monoisotopic (exact) mass is 710 g/mol. The Kier molecular flexibility index (Phi) is 8.67. The van der Waals surface area contributed by atoms with Crippen molar-refractivity contribution in [3.05, 3.63) is 167 Å². The maximum atomic E-state index is 6.90. The Morgan fingerprint density at radius 1 is 0.283 bits per heavy atom. The second kappa shape index (κ2) is 13.2. The molecule has 0 saturated heterocycles. The smallest absolute Gasteiger partial charge is 0.0883 e. The molecule has 0 spiro atoms. The molecule has 4 heteroatoms. The number of hydrogen-bond donors (Lipinski definition) is 0. The molecule has 7 aromatic rings. The maximum Gasteiger partial charge on any atom is 0.114 e. The highest BCUT2D eigenvalue weighted by molar-refractivity contribution is 9.11. The van der Waals surface area contributed by atoms with Crippen LogP contribution in [0.2, 0.25) is 0 Å². The third-order valence-corrected chi connectivity index (χ3v) is 9.67. The molecule has 0 atom stereocenters. The summed E-state index contributed by atoms with van der Waals surface area (Å²) in [6.07, 6.45) is 0. The molecule has 4 radical (unpaired) electrons. The quantitative estimate of drug-likeness (QED) is 0.151. The second-order valence-electron chi connectivity index (χ2n) is 11.2. The third kappa shape index (κ3) is 5.96. The molecule has 0 aliphatic rings. The minimum Gasteiger partial charge on any atom is -0.0883 e. The van der Waals surface area contributed by atoms with Crippen LogP contribution in [0, 0.1) is 0 Å². The number of hydrogen-bond acceptors (Lipinski definition) is 0. The topological polar surface area (TPSA) is 0 Å². The fourth-order valence-electron chi connectivity index (χ4n) is 6.09. The van der Waals surface area contributed by atoms with Crippen molar-refractivity contribution in [2.75, 3.05) is 0 Å². The number of benzene rings is 7. The van der Waals surface area contributed by atoms with Crippen LogP contribution in [0.15, 0.2) is 167 Å². The summed E-state index contributed by atoms with van der Waals surface area (Å²) in [7, 11) is 13.7. The summed E-state index contributed by atoms with van der Waals surface area (Å²) in [5.41, 5.74) is 14.2. The second-order valence-corrected chi connectivity index (χ2v) is 13.0. The Hall–Kier alpha value is -4.37. The molecular formula is C42H26B2Br2. The molecule has 0 aromatic heterocycles. The lowest BCUT2D eigenvalue weighted by Gasteiger charge is -2.20. The van der Waals surface area contributed by atoms with Crippen molar-refractivity contribution in [1.29, 1.82) is 0 Å². The van der Waals surface area contributed by atoms with Crippen LogP contribution in [0.4, 0.5) is 0 Å². The molecule has 7 aromatic carbocycles. The van der Waals surface area contributed by atoms with Crippen molar-refractivity contribution in [2.24, 2.45) is 0 Å². The molecule has 0 saturated carbocycles. The van der Waals surface area contributed by atoms with Crippen LogP contribution in [0.25, 0.3) is 66.8 Å². The van der Waals surface area contributed by atoms with Crippen LogP contribution in [-0.2, 0) is 0 Å². The molecule has 0 aliphatic heterocycles. The van der Waals surface area contributed by atoms with E-state index in [9.17, 15) is 0 Å². The Labute approximate surface area is 290 Å². The lowest BCUT2D eigenvalue weighted by molar-refractivity contribution is 1.54. The van der Waals surface area contributed by atoms with Gasteiger partial charge >= 0.3 is 0 Å². The minimum absolute atomic E-state index is 0.665. The van der Waals surface area contributed by atoms with Gasteiger partial charge in [-0.25, -0.2) is 0 Å². The summed E-state index contributed by atoms with van der Waals surface area (Å²) in [6, 6.07) is 54.6. The van der Waals surface area contributed by atoms with Crippen LogP contribution in [0.1, 0.15) is 0 Å². The molecule has 46 heavy (non-hydrogen) atoms. The summed E-state index contributed by atoms with van der Waals surface area (Å²) >= 11 is 7.80. The summed E-state index contributed by atoms with van der Waals surface area (Å²) < 4.78 is 1.88. The molecule has 7 rings (SSSR count). The first-order valence-corrected chi connectivity index (χ1v) is 16.6. The van der Waals surface area contributed by atoms with E-state index in [0.717, 1.165) is 75.7 Å². The van der Waals surface area contributed by atoms with Gasteiger partial charge in [0.2, 0.25) is 0 Å². The predicted molar refractivity (Wildman–Crippen MR) is 205 cm³/mol. The van der Waals surface area contributed by atoms with Gasteiger partial charge in [0, 0.05) is 8.95 Å². The molecule has 0 fully saturated rings. The zero-order valence-corrected chi connectivity index (χ0v) is 28.1. The van der Waals surface area contributed by atoms with Crippen LogP contribution < -0.4 is 10.9 Å². The van der Waals surface area contributed by atoms with E-state index in [4.69, 9.17) is 15.7 Å². The number of halogens is 2. The van der Waals surface area contributed by atoms with Crippen LogP contribution in [0.3, 0.4) is 0 Å². The Bertz CT molecular complexity index is 2000. The highest BCUT2D eigenvalue weighted by atomic mass is 79.9. The normalized spacial score (nSPS) is 11.0. The first-order valence-electron chi connectivity index (χ1n) is 15.1. The van der Waals surface area contributed by atoms with Gasteiger partial charge < -0.3 is 0 Å². The van der Waals surface area contributed by atoms with Gasteiger partial charge in [-0.05, 0) is 91.0 Å². The largest absolute Gasteiger partial charge is 0.114 e. The molecule has 0 unspecified atom stereocenters. The summed E-state index contributed by atoms with van der Waals surface area (Å²) in [6.45, 7) is 0. The zero-order chi connectivity index (χ0) is 31.6. The lowest BCUT2D eigenvalue weighted by atomic mass is 9.78. The molecule has 0 nitrogen and oxygen atoms in total. The lowest BCUT2D eigenvalue weighted by Crippen LogP contribution is -2.13. The fourth-order valence-corrected chi connectivity index (χ4v) is 7.20. The van der Waals surface area contributed by atoms with Crippen molar-refractivity contribution < 1.29 is 0 Å². The minimum atomic E-state index is 0.665. The molecule has 0 amide bonds. The zero-order valence-electron chi connectivity index (χ0n) is 24.9. The molecule has 0 aliphatic carbocycles. The highest BCUT2D eigenvalue weighted by Crippen LogP contribution is 2.42. The molecule has 0 bridgehead atoms. The average molecular weight is 712 g/mol. The average Bonchev–Trinajstić information content (AvgIpc) is 3.10. The van der Waals surface area contributed by atoms with Gasteiger partial charge in [0.25, 0.3) is 0 Å². The van der Waals surface area contributed by atoms with Crippen LogP contribution in [-0.4, -0.2) is 15.7 Å². The Morgan fingerprint density at radius 2 is 0.543 bits per heavy atom. The predicted octanol–water partition coefficient (Wildman–Crippen LogP) is 10.8. The van der Waals surface area contributed by atoms with E-state index in [-0.39, 0.29) is 0 Å². The molecule has 0 heterocycles. The summed E-state index contributed by atoms with van der Waals surface area (Å²) in [5.74, 6) is 0. The Balaban J connectivity index is 1.38. The van der Waals surface area contributed by atoms with Crippen molar-refractivity contribution >= 4 is 58.5 Å². The van der Waals surface area contributed by atoms with Gasteiger partial charge in [0.15, 0.2) is 0 Å². The molecule has 214 valence electrons. The van der Waals surface area contributed by atoms with Gasteiger partial charge in [0.1, 0.15) is 15.7 Å². The van der Waals surface area contributed by atoms with Crippen molar-refractivity contribution in [3.63, 3.8) is 0 Å². The summed E-state index contributed by atoms with van der Waals surface area (Å²) in [5, 5.41) is 0. The fraction of sp³-hybridized carbons (Fsp3) is 0.